The summed E-state index contributed by atoms with van der Waals surface area (Å²) in [7, 11) is 0. The molecule has 180 valence electrons. The number of allylic oxidation sites excluding steroid dienone is 2. The Labute approximate surface area is 189 Å². The van der Waals surface area contributed by atoms with Crippen molar-refractivity contribution in [2.45, 2.75) is 59.0 Å². The third-order valence-electron chi connectivity index (χ3n) is 5.32. The van der Waals surface area contributed by atoms with Gasteiger partial charge in [-0.05, 0) is 46.3 Å². The van der Waals surface area contributed by atoms with Crippen molar-refractivity contribution >= 4 is 17.6 Å². The minimum absolute atomic E-state index is 0.0519. The predicted molar refractivity (Wildman–Crippen MR) is 114 cm³/mol. The third kappa shape index (κ3) is 5.65. The molecular weight excluding hydrogens is 441 g/mol. The van der Waals surface area contributed by atoms with Gasteiger partial charge in [0.25, 0.3) is 11.8 Å². The number of fused-ring (bicyclic) bond motifs is 1. The highest BCUT2D eigenvalue weighted by Gasteiger charge is 2.35. The summed E-state index contributed by atoms with van der Waals surface area (Å²) in [5.41, 5.74) is 1.15. The number of alkyl halides is 3. The second-order valence-corrected chi connectivity index (χ2v) is 8.81. The van der Waals surface area contributed by atoms with Crippen molar-refractivity contribution in [3.05, 3.63) is 46.0 Å². The minimum atomic E-state index is -4.44. The van der Waals surface area contributed by atoms with Gasteiger partial charge in [-0.15, -0.1) is 0 Å². The highest BCUT2D eigenvalue weighted by Crippen LogP contribution is 2.31. The molecule has 0 spiro atoms. The molecule has 8 nitrogen and oxygen atoms in total. The second kappa shape index (κ2) is 8.69. The van der Waals surface area contributed by atoms with Crippen LogP contribution in [0.3, 0.4) is 0 Å². The van der Waals surface area contributed by atoms with Gasteiger partial charge in [-0.3, -0.25) is 9.59 Å². The van der Waals surface area contributed by atoms with Crippen LogP contribution in [0.25, 0.3) is 0 Å². The van der Waals surface area contributed by atoms with Crippen molar-refractivity contribution in [1.29, 1.82) is 0 Å². The summed E-state index contributed by atoms with van der Waals surface area (Å²) in [4.78, 5) is 31.2. The molecule has 0 saturated carbocycles. The molecule has 1 aromatic rings. The van der Waals surface area contributed by atoms with E-state index < -0.39 is 24.3 Å². The Morgan fingerprint density at radius 2 is 2.03 bits per heavy atom. The lowest BCUT2D eigenvalue weighted by Crippen LogP contribution is -2.38. The molecule has 0 aliphatic carbocycles. The number of nitrogens with zero attached hydrogens (tertiary/aromatic N) is 2. The normalized spacial score (nSPS) is 18.7. The van der Waals surface area contributed by atoms with E-state index in [-0.39, 0.29) is 36.7 Å². The first-order valence-corrected chi connectivity index (χ1v) is 10.4. The number of aliphatic hydroxyl groups is 1. The molecule has 1 aromatic heterocycles. The largest absolute Gasteiger partial charge is 0.469 e. The van der Waals surface area contributed by atoms with E-state index in [1.807, 2.05) is 0 Å². The average Bonchev–Trinajstić information content (AvgIpc) is 2.98. The molecule has 2 aliphatic rings. The Balaban J connectivity index is 1.80. The number of carbonyl (C=O) groups excluding carboxylic acids is 2. The number of rotatable bonds is 6. The standard InChI is InChI=1S/C22H27F3N4O4/c1-11-6-14(13(3)27-18(11)33-10-22(23,24)25)8-29-9-16-15(19(29)30)7-12(2)26-17(16)28-20(31)21(4,5)32/h6-7,13,27,32H,8-10H2,1-5H3,(H,26,28,31). The number of ether oxygens (including phenoxy) is 1. The van der Waals surface area contributed by atoms with Crippen LogP contribution < -0.4 is 10.6 Å². The molecule has 2 amide bonds. The molecule has 3 rings (SSSR count). The van der Waals surface area contributed by atoms with Crippen LogP contribution in [0.15, 0.2) is 29.2 Å². The number of amides is 2. The number of carbonyl (C=O) groups is 2. The molecule has 2 aliphatic heterocycles. The molecule has 33 heavy (non-hydrogen) atoms. The topological polar surface area (TPSA) is 104 Å². The van der Waals surface area contributed by atoms with E-state index in [1.54, 1.807) is 37.8 Å². The van der Waals surface area contributed by atoms with E-state index in [1.165, 1.54) is 13.8 Å². The van der Waals surface area contributed by atoms with Gasteiger partial charge in [-0.25, -0.2) is 4.98 Å². The van der Waals surface area contributed by atoms with Gasteiger partial charge in [-0.2, -0.15) is 13.2 Å². The first-order chi connectivity index (χ1) is 15.2. The Bertz CT molecular complexity index is 1040. The monoisotopic (exact) mass is 468 g/mol. The Hall–Kier alpha value is -3.08. The highest BCUT2D eigenvalue weighted by molar-refractivity contribution is 6.02. The van der Waals surface area contributed by atoms with Crippen LogP contribution in [-0.4, -0.2) is 57.8 Å². The maximum Gasteiger partial charge on any atom is 0.422 e. The minimum Gasteiger partial charge on any atom is -0.469 e. The van der Waals surface area contributed by atoms with Gasteiger partial charge in [-0.1, -0.05) is 6.08 Å². The lowest BCUT2D eigenvalue weighted by molar-refractivity contribution is -0.166. The zero-order valence-electron chi connectivity index (χ0n) is 19.1. The lowest BCUT2D eigenvalue weighted by atomic mass is 10.0. The number of nitrogens with one attached hydrogen (secondary N) is 2. The number of dihydropyridines is 1. The fourth-order valence-corrected chi connectivity index (χ4v) is 3.56. The highest BCUT2D eigenvalue weighted by atomic mass is 19.4. The number of aryl methyl sites for hydroxylation is 1. The van der Waals surface area contributed by atoms with Crippen molar-refractivity contribution in [2.75, 3.05) is 18.5 Å². The summed E-state index contributed by atoms with van der Waals surface area (Å²) in [5, 5.41) is 15.4. The van der Waals surface area contributed by atoms with E-state index >= 15 is 0 Å². The molecule has 1 atom stereocenters. The number of pyridine rings is 1. The molecule has 0 aromatic carbocycles. The van der Waals surface area contributed by atoms with Gasteiger partial charge in [0.2, 0.25) is 0 Å². The maximum absolute atomic E-state index is 13.0. The second-order valence-electron chi connectivity index (χ2n) is 8.81. The summed E-state index contributed by atoms with van der Waals surface area (Å²) in [6, 6.07) is 1.28. The molecule has 3 heterocycles. The summed E-state index contributed by atoms with van der Waals surface area (Å²) < 4.78 is 42.3. The van der Waals surface area contributed by atoms with Crippen LogP contribution in [0, 0.1) is 6.92 Å². The van der Waals surface area contributed by atoms with E-state index in [9.17, 15) is 27.9 Å². The number of halogens is 3. The summed E-state index contributed by atoms with van der Waals surface area (Å²) >= 11 is 0. The number of aromatic nitrogens is 1. The maximum atomic E-state index is 13.0. The molecule has 11 heteroatoms. The van der Waals surface area contributed by atoms with Crippen LogP contribution in [0.4, 0.5) is 19.0 Å². The summed E-state index contributed by atoms with van der Waals surface area (Å²) in [6.07, 6.45) is -2.73. The molecular formula is C22H27F3N4O4. The van der Waals surface area contributed by atoms with Crippen molar-refractivity contribution in [3.63, 3.8) is 0 Å². The van der Waals surface area contributed by atoms with Gasteiger partial charge in [0.05, 0.1) is 12.1 Å². The zero-order chi connectivity index (χ0) is 24.7. The van der Waals surface area contributed by atoms with Gasteiger partial charge < -0.3 is 25.4 Å². The predicted octanol–water partition coefficient (Wildman–Crippen LogP) is 2.78. The fraction of sp³-hybridized carbons (Fsp3) is 0.500. The van der Waals surface area contributed by atoms with Crippen LogP contribution in [0.5, 0.6) is 0 Å². The van der Waals surface area contributed by atoms with E-state index in [4.69, 9.17) is 4.74 Å². The molecule has 0 fully saturated rings. The molecule has 0 bridgehead atoms. The summed E-state index contributed by atoms with van der Waals surface area (Å²) in [6.45, 7) is 6.81. The smallest absolute Gasteiger partial charge is 0.422 e. The van der Waals surface area contributed by atoms with E-state index in [0.29, 0.717) is 22.4 Å². The van der Waals surface area contributed by atoms with E-state index in [2.05, 4.69) is 15.6 Å². The van der Waals surface area contributed by atoms with Crippen molar-refractivity contribution < 1.29 is 32.6 Å². The molecule has 1 unspecified atom stereocenters. The average molecular weight is 468 g/mol. The van der Waals surface area contributed by atoms with Gasteiger partial charge in [0, 0.05) is 29.4 Å². The van der Waals surface area contributed by atoms with Crippen molar-refractivity contribution in [2.24, 2.45) is 0 Å². The van der Waals surface area contributed by atoms with E-state index in [0.717, 1.165) is 5.57 Å². The quantitative estimate of drug-likeness (QED) is 0.593. The SMILES string of the molecule is CC1=C(OCC(F)(F)F)NC(C)C(CN2Cc3c(cc(C)nc3NC(=O)C(C)(C)O)C2=O)=C1. The van der Waals surface area contributed by atoms with Crippen molar-refractivity contribution in [3.8, 4) is 0 Å². The van der Waals surface area contributed by atoms with Crippen LogP contribution >= 0.6 is 0 Å². The number of hydrogen-bond donors (Lipinski definition) is 3. The first kappa shape index (κ1) is 24.6. The Kier molecular flexibility index (Phi) is 6.47. The fourth-order valence-electron chi connectivity index (χ4n) is 3.56. The number of hydrogen-bond acceptors (Lipinski definition) is 6. The Morgan fingerprint density at radius 1 is 1.36 bits per heavy atom. The van der Waals surface area contributed by atoms with Gasteiger partial charge in [0.1, 0.15) is 11.4 Å². The lowest BCUT2D eigenvalue weighted by Gasteiger charge is -2.29. The molecule has 3 N–H and O–H groups in total. The van der Waals surface area contributed by atoms with Gasteiger partial charge >= 0.3 is 6.18 Å². The van der Waals surface area contributed by atoms with Crippen LogP contribution in [0.1, 0.15) is 49.3 Å². The van der Waals surface area contributed by atoms with Gasteiger partial charge in [0.15, 0.2) is 12.5 Å². The first-order valence-electron chi connectivity index (χ1n) is 10.4. The summed E-state index contributed by atoms with van der Waals surface area (Å²) in [5.74, 6) is -0.622. The number of anilines is 1. The Morgan fingerprint density at radius 3 is 2.64 bits per heavy atom. The third-order valence-corrected chi connectivity index (χ3v) is 5.32. The molecule has 0 radical (unpaired) electrons. The van der Waals surface area contributed by atoms with Crippen LogP contribution in [0.2, 0.25) is 0 Å². The van der Waals surface area contributed by atoms with Crippen molar-refractivity contribution in [1.82, 2.24) is 15.2 Å². The molecule has 0 saturated heterocycles. The van der Waals surface area contributed by atoms with Crippen LogP contribution in [-0.2, 0) is 16.1 Å². The zero-order valence-corrected chi connectivity index (χ0v) is 19.1.